The largest absolute Gasteiger partial charge is 0.480 e. The van der Waals surface area contributed by atoms with Crippen LogP contribution in [0.3, 0.4) is 0 Å². The van der Waals surface area contributed by atoms with Crippen LogP contribution >= 0.6 is 11.6 Å². The molecule has 0 radical (unpaired) electrons. The summed E-state index contributed by atoms with van der Waals surface area (Å²) >= 11 is 5.81. The van der Waals surface area contributed by atoms with Gasteiger partial charge in [0.1, 0.15) is 10.7 Å². The number of fused-ring (bicyclic) bond motifs is 1. The summed E-state index contributed by atoms with van der Waals surface area (Å²) in [5.41, 5.74) is 5.95. The molecule has 0 fully saturated rings. The molecule has 1 aliphatic carbocycles. The Labute approximate surface area is 79.7 Å². The van der Waals surface area contributed by atoms with E-state index in [1.54, 1.807) is 6.20 Å². The summed E-state index contributed by atoms with van der Waals surface area (Å²) < 4.78 is 0. The summed E-state index contributed by atoms with van der Waals surface area (Å²) in [5, 5.41) is 9.45. The number of aromatic amines is 1. The molecule has 4 N–H and O–H groups in total. The van der Waals surface area contributed by atoms with E-state index in [1.807, 2.05) is 0 Å². The molecule has 1 aromatic rings. The fourth-order valence-corrected chi connectivity index (χ4v) is 2.00. The van der Waals surface area contributed by atoms with Crippen LogP contribution in [0.2, 0.25) is 5.15 Å². The van der Waals surface area contributed by atoms with E-state index in [0.29, 0.717) is 23.6 Å². The molecule has 0 bridgehead atoms. The molecule has 0 amide bonds. The van der Waals surface area contributed by atoms with Crippen LogP contribution in [0.4, 0.5) is 0 Å². The standard InChI is InChI=1S/C8H9ClN2O2/c9-6-4-1-2-8(10,7(12)13)5(4)3-11-6/h3,11H,1-2,10H2,(H,12,13). The number of hydrogen-bond donors (Lipinski definition) is 3. The van der Waals surface area contributed by atoms with E-state index >= 15 is 0 Å². The topological polar surface area (TPSA) is 79.1 Å². The minimum absolute atomic E-state index is 0.418. The van der Waals surface area contributed by atoms with Gasteiger partial charge in [-0.2, -0.15) is 0 Å². The van der Waals surface area contributed by atoms with Gasteiger partial charge in [0.05, 0.1) is 0 Å². The molecule has 70 valence electrons. The summed E-state index contributed by atoms with van der Waals surface area (Å²) in [4.78, 5) is 13.7. The summed E-state index contributed by atoms with van der Waals surface area (Å²) in [6.45, 7) is 0. The van der Waals surface area contributed by atoms with Crippen molar-refractivity contribution in [1.82, 2.24) is 4.98 Å². The normalized spacial score (nSPS) is 26.0. The zero-order valence-electron chi connectivity index (χ0n) is 6.80. The molecular weight excluding hydrogens is 192 g/mol. The maximum absolute atomic E-state index is 10.9. The van der Waals surface area contributed by atoms with Crippen molar-refractivity contribution in [3.63, 3.8) is 0 Å². The number of halogens is 1. The van der Waals surface area contributed by atoms with Crippen molar-refractivity contribution >= 4 is 17.6 Å². The first kappa shape index (κ1) is 8.59. The molecule has 1 unspecified atom stereocenters. The lowest BCUT2D eigenvalue weighted by atomic mass is 9.96. The van der Waals surface area contributed by atoms with Gasteiger partial charge in [0.2, 0.25) is 0 Å². The van der Waals surface area contributed by atoms with Gasteiger partial charge in [0.15, 0.2) is 0 Å². The highest BCUT2D eigenvalue weighted by Gasteiger charge is 2.43. The van der Waals surface area contributed by atoms with E-state index in [1.165, 1.54) is 0 Å². The Kier molecular flexibility index (Phi) is 1.65. The lowest BCUT2D eigenvalue weighted by Gasteiger charge is -2.17. The van der Waals surface area contributed by atoms with Crippen molar-refractivity contribution in [2.75, 3.05) is 0 Å². The Hall–Kier alpha value is -1.00. The highest BCUT2D eigenvalue weighted by Crippen LogP contribution is 2.38. The Morgan fingerprint density at radius 3 is 3.08 bits per heavy atom. The van der Waals surface area contributed by atoms with Gasteiger partial charge in [-0.1, -0.05) is 11.6 Å². The zero-order chi connectivity index (χ0) is 9.64. The Balaban J connectivity index is 2.55. The summed E-state index contributed by atoms with van der Waals surface area (Å²) in [6.07, 6.45) is 2.63. The monoisotopic (exact) mass is 200 g/mol. The average Bonchev–Trinajstić information content (AvgIpc) is 2.57. The van der Waals surface area contributed by atoms with E-state index in [-0.39, 0.29) is 0 Å². The fourth-order valence-electron chi connectivity index (χ4n) is 1.75. The predicted molar refractivity (Wildman–Crippen MR) is 47.6 cm³/mol. The molecule has 13 heavy (non-hydrogen) atoms. The number of nitrogens with one attached hydrogen (secondary N) is 1. The molecule has 1 aliphatic rings. The first-order valence-electron chi connectivity index (χ1n) is 3.94. The summed E-state index contributed by atoms with van der Waals surface area (Å²) in [5.74, 6) is -0.998. The third kappa shape index (κ3) is 0.990. The van der Waals surface area contributed by atoms with Crippen molar-refractivity contribution in [3.05, 3.63) is 22.5 Å². The molecule has 0 saturated heterocycles. The number of hydrogen-bond acceptors (Lipinski definition) is 2. The Morgan fingerprint density at radius 2 is 2.46 bits per heavy atom. The smallest absolute Gasteiger partial charge is 0.328 e. The van der Waals surface area contributed by atoms with Crippen LogP contribution in [0.15, 0.2) is 6.20 Å². The molecule has 1 atom stereocenters. The van der Waals surface area contributed by atoms with Gasteiger partial charge in [0, 0.05) is 11.8 Å². The summed E-state index contributed by atoms with van der Waals surface area (Å²) in [6, 6.07) is 0. The van der Waals surface area contributed by atoms with Gasteiger partial charge in [-0.05, 0) is 18.4 Å². The van der Waals surface area contributed by atoms with Crippen molar-refractivity contribution in [2.24, 2.45) is 5.73 Å². The minimum atomic E-state index is -1.25. The van der Waals surface area contributed by atoms with Gasteiger partial charge in [0.25, 0.3) is 0 Å². The number of carbonyl (C=O) groups is 1. The number of aromatic nitrogens is 1. The molecule has 4 nitrogen and oxygen atoms in total. The van der Waals surface area contributed by atoms with E-state index in [2.05, 4.69) is 4.98 Å². The molecule has 1 heterocycles. The first-order valence-corrected chi connectivity index (χ1v) is 4.32. The Bertz CT molecular complexity index is 374. The van der Waals surface area contributed by atoms with Crippen molar-refractivity contribution in [1.29, 1.82) is 0 Å². The zero-order valence-corrected chi connectivity index (χ0v) is 7.56. The van der Waals surface area contributed by atoms with Crippen LogP contribution in [-0.2, 0) is 16.8 Å². The number of nitrogens with two attached hydrogens (primary N) is 1. The number of rotatable bonds is 1. The molecule has 0 spiro atoms. The minimum Gasteiger partial charge on any atom is -0.480 e. The van der Waals surface area contributed by atoms with Crippen LogP contribution in [0.5, 0.6) is 0 Å². The summed E-state index contributed by atoms with van der Waals surface area (Å²) in [7, 11) is 0. The van der Waals surface area contributed by atoms with Gasteiger partial charge >= 0.3 is 5.97 Å². The van der Waals surface area contributed by atoms with E-state index in [0.717, 1.165) is 5.56 Å². The van der Waals surface area contributed by atoms with Crippen molar-refractivity contribution in [3.8, 4) is 0 Å². The van der Waals surface area contributed by atoms with Crippen LogP contribution < -0.4 is 5.73 Å². The number of carboxylic acids is 1. The molecular formula is C8H9ClN2O2. The third-order valence-corrected chi connectivity index (χ3v) is 2.90. The van der Waals surface area contributed by atoms with E-state index in [9.17, 15) is 4.79 Å². The molecule has 1 aromatic heterocycles. The maximum Gasteiger partial charge on any atom is 0.328 e. The molecule has 0 saturated carbocycles. The quantitative estimate of drug-likeness (QED) is 0.629. The van der Waals surface area contributed by atoms with Gasteiger partial charge in [-0.3, -0.25) is 0 Å². The van der Waals surface area contributed by atoms with Crippen molar-refractivity contribution < 1.29 is 9.90 Å². The third-order valence-electron chi connectivity index (χ3n) is 2.56. The molecule has 0 aromatic carbocycles. The van der Waals surface area contributed by atoms with Crippen molar-refractivity contribution in [2.45, 2.75) is 18.4 Å². The maximum atomic E-state index is 10.9. The molecule has 5 heteroatoms. The van der Waals surface area contributed by atoms with Crippen LogP contribution in [0.25, 0.3) is 0 Å². The first-order chi connectivity index (χ1) is 6.05. The number of H-pyrrole nitrogens is 1. The second-order valence-corrected chi connectivity index (χ2v) is 3.65. The second kappa shape index (κ2) is 2.49. The second-order valence-electron chi connectivity index (χ2n) is 3.27. The molecule has 0 aliphatic heterocycles. The van der Waals surface area contributed by atoms with Gasteiger partial charge < -0.3 is 15.8 Å². The van der Waals surface area contributed by atoms with Crippen LogP contribution in [0.1, 0.15) is 17.5 Å². The van der Waals surface area contributed by atoms with Crippen LogP contribution in [0, 0.1) is 0 Å². The number of aliphatic carboxylic acids is 1. The predicted octanol–water partition coefficient (Wildman–Crippen LogP) is 0.853. The van der Waals surface area contributed by atoms with Gasteiger partial charge in [-0.25, -0.2) is 4.79 Å². The SMILES string of the molecule is NC1(C(=O)O)CCc2c1c[nH]c2Cl. The average molecular weight is 201 g/mol. The highest BCUT2D eigenvalue weighted by molar-refractivity contribution is 6.30. The van der Waals surface area contributed by atoms with Gasteiger partial charge in [-0.15, -0.1) is 0 Å². The van der Waals surface area contributed by atoms with E-state index < -0.39 is 11.5 Å². The fraction of sp³-hybridized carbons (Fsp3) is 0.375. The van der Waals surface area contributed by atoms with E-state index in [4.69, 9.17) is 22.4 Å². The highest BCUT2D eigenvalue weighted by atomic mass is 35.5. The Morgan fingerprint density at radius 1 is 1.77 bits per heavy atom. The lowest BCUT2D eigenvalue weighted by molar-refractivity contribution is -0.143. The number of carboxylic acid groups (broad SMARTS) is 1. The lowest BCUT2D eigenvalue weighted by Crippen LogP contribution is -2.42. The molecule has 2 rings (SSSR count). The van der Waals surface area contributed by atoms with Crippen LogP contribution in [-0.4, -0.2) is 16.1 Å².